The summed E-state index contributed by atoms with van der Waals surface area (Å²) >= 11 is 0. The lowest BCUT2D eigenvalue weighted by atomic mass is 10.0. The van der Waals surface area contributed by atoms with E-state index in [-0.39, 0.29) is 0 Å². The molecule has 0 atom stereocenters. The fraction of sp³-hybridized carbons (Fsp3) is 0.100. The smallest absolute Gasteiger partial charge is 0.287 e. The van der Waals surface area contributed by atoms with Gasteiger partial charge in [0.25, 0.3) is 0 Å². The molecule has 0 N–H and O–H groups in total. The van der Waals surface area contributed by atoms with Crippen LogP contribution >= 0.6 is 0 Å². The first-order chi connectivity index (χ1) is 12.3. The van der Waals surface area contributed by atoms with Crippen LogP contribution in [-0.4, -0.2) is 10.8 Å². The molecule has 0 bridgehead atoms. The highest BCUT2D eigenvalue weighted by atomic mass is 19.3. The summed E-state index contributed by atoms with van der Waals surface area (Å²) < 4.78 is 55.4. The molecule has 1 aromatic heterocycles. The molecule has 2 nitrogen and oxygen atoms in total. The molecule has 2 aromatic carbocycles. The zero-order chi connectivity index (χ0) is 18.9. The largest absolute Gasteiger partial charge is 0.351 e. The van der Waals surface area contributed by atoms with Crippen molar-refractivity contribution >= 4 is 5.78 Å². The fourth-order valence-corrected chi connectivity index (χ4v) is 2.46. The molecule has 0 spiro atoms. The van der Waals surface area contributed by atoms with Gasteiger partial charge >= 0.3 is 5.92 Å². The van der Waals surface area contributed by atoms with E-state index in [4.69, 9.17) is 0 Å². The van der Waals surface area contributed by atoms with Crippen molar-refractivity contribution in [3.05, 3.63) is 89.2 Å². The van der Waals surface area contributed by atoms with Crippen molar-refractivity contribution in [2.45, 2.75) is 12.8 Å². The van der Waals surface area contributed by atoms with Crippen LogP contribution in [0.5, 0.6) is 0 Å². The molecule has 3 rings (SSSR count). The minimum Gasteiger partial charge on any atom is -0.287 e. The van der Waals surface area contributed by atoms with E-state index in [2.05, 4.69) is 4.98 Å². The number of ketones is 1. The molecule has 0 aliphatic carbocycles. The Labute approximate surface area is 147 Å². The van der Waals surface area contributed by atoms with Crippen LogP contribution in [0.2, 0.25) is 0 Å². The third kappa shape index (κ3) is 3.35. The summed E-state index contributed by atoms with van der Waals surface area (Å²) in [6.07, 6.45) is 1.22. The second-order valence-corrected chi connectivity index (χ2v) is 5.83. The molecule has 6 heteroatoms. The minimum absolute atomic E-state index is 0.386. The van der Waals surface area contributed by atoms with Crippen molar-refractivity contribution in [1.82, 2.24) is 4.98 Å². The molecule has 0 saturated heterocycles. The number of halogens is 4. The molecule has 0 fully saturated rings. The Bertz CT molecular complexity index is 951. The number of hydrogen-bond donors (Lipinski definition) is 0. The predicted octanol–water partition coefficient (Wildman–Crippen LogP) is 5.31. The Morgan fingerprint density at radius 3 is 2.15 bits per heavy atom. The minimum atomic E-state index is -4.04. The van der Waals surface area contributed by atoms with Crippen LogP contribution in [0, 0.1) is 18.6 Å². The maximum Gasteiger partial charge on any atom is 0.351 e. The van der Waals surface area contributed by atoms with E-state index in [0.29, 0.717) is 17.7 Å². The maximum atomic E-state index is 14.4. The Hall–Kier alpha value is -3.02. The number of Topliss-reactive ketones (excluding diaryl/α,β-unsaturated/α-hetero) is 1. The molecule has 1 heterocycles. The Kier molecular flexibility index (Phi) is 4.59. The average Bonchev–Trinajstić information content (AvgIpc) is 2.62. The number of nitrogens with zero attached hydrogens (tertiary/aromatic N) is 1. The first kappa shape index (κ1) is 17.8. The summed E-state index contributed by atoms with van der Waals surface area (Å²) in [7, 11) is 0. The molecule has 0 aliphatic heterocycles. The van der Waals surface area contributed by atoms with Crippen molar-refractivity contribution in [2.75, 3.05) is 0 Å². The van der Waals surface area contributed by atoms with E-state index >= 15 is 0 Å². The van der Waals surface area contributed by atoms with Gasteiger partial charge in [-0.05, 0) is 30.7 Å². The lowest BCUT2D eigenvalue weighted by molar-refractivity contribution is 0.00427. The lowest BCUT2D eigenvalue weighted by Gasteiger charge is -2.15. The Balaban J connectivity index is 1.91. The first-order valence-corrected chi connectivity index (χ1v) is 7.70. The van der Waals surface area contributed by atoms with E-state index in [1.807, 2.05) is 31.2 Å². The summed E-state index contributed by atoms with van der Waals surface area (Å²) in [6, 6.07) is 11.7. The molecule has 0 radical (unpaired) electrons. The topological polar surface area (TPSA) is 30.0 Å². The molecular formula is C20H13F4NO. The number of carbonyl (C=O) groups is 1. The van der Waals surface area contributed by atoms with Crippen molar-refractivity contribution in [2.24, 2.45) is 0 Å². The third-order valence-corrected chi connectivity index (χ3v) is 3.93. The van der Waals surface area contributed by atoms with Crippen LogP contribution in [0.4, 0.5) is 17.6 Å². The van der Waals surface area contributed by atoms with Crippen LogP contribution in [0.15, 0.2) is 60.8 Å². The number of alkyl halides is 2. The summed E-state index contributed by atoms with van der Waals surface area (Å²) in [4.78, 5) is 15.7. The van der Waals surface area contributed by atoms with Crippen LogP contribution in [0.3, 0.4) is 0 Å². The number of aromatic nitrogens is 1. The Morgan fingerprint density at radius 2 is 1.58 bits per heavy atom. The summed E-state index contributed by atoms with van der Waals surface area (Å²) in [6.45, 7) is 1.92. The number of carbonyl (C=O) groups excluding carboxylic acids is 1. The van der Waals surface area contributed by atoms with E-state index in [0.717, 1.165) is 23.3 Å². The fourth-order valence-electron chi connectivity index (χ4n) is 2.46. The summed E-state index contributed by atoms with van der Waals surface area (Å²) in [5.74, 6) is -8.11. The monoisotopic (exact) mass is 359 g/mol. The van der Waals surface area contributed by atoms with Gasteiger partial charge in [-0.3, -0.25) is 9.78 Å². The zero-order valence-electron chi connectivity index (χ0n) is 13.6. The number of rotatable bonds is 4. The second-order valence-electron chi connectivity index (χ2n) is 5.83. The number of hydrogen-bond acceptors (Lipinski definition) is 2. The van der Waals surface area contributed by atoms with Gasteiger partial charge in [0, 0.05) is 17.8 Å². The molecular weight excluding hydrogens is 346 g/mol. The van der Waals surface area contributed by atoms with E-state index < -0.39 is 34.6 Å². The van der Waals surface area contributed by atoms with Crippen LogP contribution < -0.4 is 0 Å². The van der Waals surface area contributed by atoms with Crippen molar-refractivity contribution in [3.8, 4) is 11.1 Å². The van der Waals surface area contributed by atoms with Gasteiger partial charge in [-0.1, -0.05) is 35.9 Å². The van der Waals surface area contributed by atoms with Crippen LogP contribution in [0.25, 0.3) is 11.1 Å². The molecule has 0 amide bonds. The van der Waals surface area contributed by atoms with E-state index in [9.17, 15) is 22.4 Å². The molecule has 3 aromatic rings. The van der Waals surface area contributed by atoms with Crippen LogP contribution in [-0.2, 0) is 5.92 Å². The number of pyridine rings is 1. The van der Waals surface area contributed by atoms with Gasteiger partial charge in [0.2, 0.25) is 5.78 Å². The second kappa shape index (κ2) is 6.71. The summed E-state index contributed by atoms with van der Waals surface area (Å²) in [5, 5.41) is 0. The first-order valence-electron chi connectivity index (χ1n) is 7.70. The highest BCUT2D eigenvalue weighted by Gasteiger charge is 2.44. The van der Waals surface area contributed by atoms with E-state index in [1.54, 1.807) is 0 Å². The number of aryl methyl sites for hydroxylation is 1. The van der Waals surface area contributed by atoms with Gasteiger partial charge in [0.15, 0.2) is 0 Å². The molecule has 0 unspecified atom stereocenters. The number of benzene rings is 2. The van der Waals surface area contributed by atoms with Gasteiger partial charge in [0.05, 0.1) is 5.56 Å². The predicted molar refractivity (Wildman–Crippen MR) is 89.0 cm³/mol. The van der Waals surface area contributed by atoms with Gasteiger partial charge in [0.1, 0.15) is 17.3 Å². The zero-order valence-corrected chi connectivity index (χ0v) is 13.6. The normalized spacial score (nSPS) is 11.4. The highest BCUT2D eigenvalue weighted by Crippen LogP contribution is 2.32. The van der Waals surface area contributed by atoms with Gasteiger partial charge in [-0.15, -0.1) is 0 Å². The van der Waals surface area contributed by atoms with Gasteiger partial charge < -0.3 is 0 Å². The third-order valence-electron chi connectivity index (χ3n) is 3.93. The molecule has 0 aliphatic rings. The Morgan fingerprint density at radius 1 is 0.923 bits per heavy atom. The van der Waals surface area contributed by atoms with Crippen molar-refractivity contribution in [3.63, 3.8) is 0 Å². The van der Waals surface area contributed by atoms with Crippen molar-refractivity contribution in [1.29, 1.82) is 0 Å². The lowest BCUT2D eigenvalue weighted by Crippen LogP contribution is -2.28. The standard InChI is InChI=1S/C20H13F4NO/c1-12-2-4-13(5-3-12)14-6-9-18(25-11-14)20(23,24)19(26)16-8-7-15(21)10-17(16)22/h2-11H,1H3. The maximum absolute atomic E-state index is 14.4. The van der Waals surface area contributed by atoms with Gasteiger partial charge in [-0.2, -0.15) is 8.78 Å². The summed E-state index contributed by atoms with van der Waals surface area (Å²) in [5.41, 5.74) is 0.749. The van der Waals surface area contributed by atoms with Gasteiger partial charge in [-0.25, -0.2) is 8.78 Å². The highest BCUT2D eigenvalue weighted by molar-refractivity contribution is 6.01. The van der Waals surface area contributed by atoms with Crippen LogP contribution in [0.1, 0.15) is 21.6 Å². The SMILES string of the molecule is Cc1ccc(-c2ccc(C(F)(F)C(=O)c3ccc(F)cc3F)nc2)cc1. The quantitative estimate of drug-likeness (QED) is 0.467. The van der Waals surface area contributed by atoms with E-state index in [1.165, 1.54) is 12.3 Å². The molecule has 26 heavy (non-hydrogen) atoms. The molecule has 132 valence electrons. The average molecular weight is 359 g/mol. The van der Waals surface area contributed by atoms with Crippen molar-refractivity contribution < 1.29 is 22.4 Å². The molecule has 0 saturated carbocycles.